The van der Waals surface area contributed by atoms with E-state index in [4.69, 9.17) is 9.52 Å². The molecule has 1 N–H and O–H groups in total. The zero-order valence-electron chi connectivity index (χ0n) is 13.8. The topological polar surface area (TPSA) is 79.5 Å². The second kappa shape index (κ2) is 7.92. The molecule has 0 aliphatic carbocycles. The van der Waals surface area contributed by atoms with Gasteiger partial charge in [0.15, 0.2) is 0 Å². The van der Waals surface area contributed by atoms with Crippen molar-refractivity contribution in [2.75, 3.05) is 14.1 Å². The SMILES string of the molecule is C\C=C/C(=C\C=C\c1nnc(-c2cccc(C(=O)O)c2)o1)N(C)C. The molecule has 0 saturated carbocycles. The van der Waals surface area contributed by atoms with E-state index < -0.39 is 5.97 Å². The number of benzene rings is 1. The van der Waals surface area contributed by atoms with Gasteiger partial charge in [-0.15, -0.1) is 10.2 Å². The molecule has 0 radical (unpaired) electrons. The predicted octanol–water partition coefficient (Wildman–Crippen LogP) is 3.47. The van der Waals surface area contributed by atoms with Crippen LogP contribution in [0.1, 0.15) is 23.2 Å². The molecule has 0 spiro atoms. The molecule has 1 aromatic heterocycles. The first kappa shape index (κ1) is 17.2. The van der Waals surface area contributed by atoms with Crippen LogP contribution in [0.25, 0.3) is 17.5 Å². The maximum absolute atomic E-state index is 11.0. The summed E-state index contributed by atoms with van der Waals surface area (Å²) >= 11 is 0. The minimum absolute atomic E-state index is 0.174. The van der Waals surface area contributed by atoms with Gasteiger partial charge >= 0.3 is 5.97 Å². The molecule has 124 valence electrons. The maximum atomic E-state index is 11.0. The number of hydrogen-bond acceptors (Lipinski definition) is 5. The van der Waals surface area contributed by atoms with E-state index in [2.05, 4.69) is 10.2 Å². The van der Waals surface area contributed by atoms with Gasteiger partial charge in [-0.3, -0.25) is 0 Å². The van der Waals surface area contributed by atoms with Crippen LogP contribution in [-0.2, 0) is 0 Å². The number of carbonyl (C=O) groups is 1. The van der Waals surface area contributed by atoms with Crippen molar-refractivity contribution >= 4 is 12.0 Å². The largest absolute Gasteiger partial charge is 0.478 e. The van der Waals surface area contributed by atoms with E-state index in [1.165, 1.54) is 12.1 Å². The highest BCUT2D eigenvalue weighted by Gasteiger charge is 2.09. The number of nitrogens with zero attached hydrogens (tertiary/aromatic N) is 3. The molecule has 0 saturated heterocycles. The molecule has 0 bridgehead atoms. The van der Waals surface area contributed by atoms with E-state index >= 15 is 0 Å². The molecule has 24 heavy (non-hydrogen) atoms. The van der Waals surface area contributed by atoms with Gasteiger partial charge in [0.05, 0.1) is 5.56 Å². The normalized spacial score (nSPS) is 12.2. The Morgan fingerprint density at radius 1 is 1.29 bits per heavy atom. The number of rotatable bonds is 6. The summed E-state index contributed by atoms with van der Waals surface area (Å²) in [6, 6.07) is 6.38. The number of aromatic carboxylic acids is 1. The minimum Gasteiger partial charge on any atom is -0.478 e. The molecule has 2 rings (SSSR count). The van der Waals surface area contributed by atoms with Gasteiger partial charge in [-0.1, -0.05) is 18.2 Å². The van der Waals surface area contributed by atoms with Crippen molar-refractivity contribution in [3.05, 3.63) is 65.7 Å². The van der Waals surface area contributed by atoms with Crippen molar-refractivity contribution < 1.29 is 14.3 Å². The third-order valence-electron chi connectivity index (χ3n) is 3.16. The Hall–Kier alpha value is -3.15. The van der Waals surface area contributed by atoms with Gasteiger partial charge in [-0.2, -0.15) is 0 Å². The molecule has 0 unspecified atom stereocenters. The van der Waals surface area contributed by atoms with Crippen LogP contribution in [0.2, 0.25) is 0 Å². The van der Waals surface area contributed by atoms with Gasteiger partial charge in [0.1, 0.15) is 0 Å². The molecule has 2 aromatic rings. The lowest BCUT2D eigenvalue weighted by molar-refractivity contribution is 0.0697. The lowest BCUT2D eigenvalue weighted by Crippen LogP contribution is -2.08. The van der Waals surface area contributed by atoms with Crippen LogP contribution < -0.4 is 0 Å². The number of carboxylic acids is 1. The zero-order chi connectivity index (χ0) is 17.5. The van der Waals surface area contributed by atoms with E-state index in [0.717, 1.165) is 5.70 Å². The molecular weight excluding hydrogens is 306 g/mol. The Bertz CT molecular complexity index is 801. The zero-order valence-corrected chi connectivity index (χ0v) is 13.8. The predicted molar refractivity (Wildman–Crippen MR) is 92.3 cm³/mol. The standard InChI is InChI=1S/C18H19N3O3/c1-4-7-15(21(2)3)10-6-11-16-19-20-17(24-16)13-8-5-9-14(12-13)18(22)23/h4-12H,1-3H3,(H,22,23)/b7-4-,11-6+,15-10+. The van der Waals surface area contributed by atoms with Crippen molar-refractivity contribution in [1.82, 2.24) is 15.1 Å². The Morgan fingerprint density at radius 3 is 2.75 bits per heavy atom. The first-order valence-corrected chi connectivity index (χ1v) is 7.37. The van der Waals surface area contributed by atoms with Gasteiger partial charge < -0.3 is 14.4 Å². The van der Waals surface area contributed by atoms with Gasteiger partial charge in [-0.05, 0) is 37.3 Å². The number of likely N-dealkylation sites (N-methyl/N-ethyl adjacent to an activating group) is 1. The molecule has 1 aromatic carbocycles. The Morgan fingerprint density at radius 2 is 2.08 bits per heavy atom. The first-order chi connectivity index (χ1) is 11.5. The van der Waals surface area contributed by atoms with Crippen molar-refractivity contribution in [2.45, 2.75) is 6.92 Å². The lowest BCUT2D eigenvalue weighted by Gasteiger charge is -2.12. The minimum atomic E-state index is -0.998. The highest BCUT2D eigenvalue weighted by atomic mass is 16.4. The lowest BCUT2D eigenvalue weighted by atomic mass is 10.1. The average Bonchev–Trinajstić information content (AvgIpc) is 3.03. The fourth-order valence-electron chi connectivity index (χ4n) is 1.96. The third kappa shape index (κ3) is 4.42. The summed E-state index contributed by atoms with van der Waals surface area (Å²) < 4.78 is 5.54. The van der Waals surface area contributed by atoms with Crippen molar-refractivity contribution in [3.8, 4) is 11.5 Å². The highest BCUT2D eigenvalue weighted by molar-refractivity contribution is 5.88. The molecule has 1 heterocycles. The van der Waals surface area contributed by atoms with E-state index in [1.807, 2.05) is 50.2 Å². The fraction of sp³-hybridized carbons (Fsp3) is 0.167. The fourth-order valence-corrected chi connectivity index (χ4v) is 1.96. The summed E-state index contributed by atoms with van der Waals surface area (Å²) in [5.74, 6) is -0.370. The van der Waals surface area contributed by atoms with Crippen LogP contribution in [0.15, 0.2) is 58.7 Å². The molecule has 0 atom stereocenters. The molecule has 0 fully saturated rings. The number of hydrogen-bond donors (Lipinski definition) is 1. The van der Waals surface area contributed by atoms with Gasteiger partial charge in [-0.25, -0.2) is 4.79 Å². The molecular formula is C18H19N3O3. The Balaban J connectivity index is 2.19. The van der Waals surface area contributed by atoms with Crippen LogP contribution in [0.4, 0.5) is 0 Å². The molecule has 0 aliphatic rings. The summed E-state index contributed by atoms with van der Waals surface area (Å²) in [7, 11) is 3.92. The van der Waals surface area contributed by atoms with Crippen LogP contribution in [-0.4, -0.2) is 40.3 Å². The van der Waals surface area contributed by atoms with E-state index in [-0.39, 0.29) is 11.5 Å². The second-order valence-electron chi connectivity index (χ2n) is 5.18. The van der Waals surface area contributed by atoms with Gasteiger partial charge in [0, 0.05) is 31.4 Å². The van der Waals surface area contributed by atoms with Crippen LogP contribution in [0.5, 0.6) is 0 Å². The van der Waals surface area contributed by atoms with Crippen LogP contribution >= 0.6 is 0 Å². The van der Waals surface area contributed by atoms with Crippen molar-refractivity contribution in [1.29, 1.82) is 0 Å². The Kier molecular flexibility index (Phi) is 5.68. The first-order valence-electron chi connectivity index (χ1n) is 7.37. The van der Waals surface area contributed by atoms with E-state index in [0.29, 0.717) is 11.5 Å². The number of carboxylic acid groups (broad SMARTS) is 1. The van der Waals surface area contributed by atoms with Gasteiger partial charge in [0.2, 0.25) is 11.8 Å². The highest BCUT2D eigenvalue weighted by Crippen LogP contribution is 2.19. The average molecular weight is 325 g/mol. The van der Waals surface area contributed by atoms with Crippen LogP contribution in [0.3, 0.4) is 0 Å². The second-order valence-corrected chi connectivity index (χ2v) is 5.18. The molecule has 6 nitrogen and oxygen atoms in total. The Labute approximate surface area is 140 Å². The quantitative estimate of drug-likeness (QED) is 0.819. The summed E-state index contributed by atoms with van der Waals surface area (Å²) in [6.45, 7) is 1.95. The summed E-state index contributed by atoms with van der Waals surface area (Å²) in [5.41, 5.74) is 1.77. The van der Waals surface area contributed by atoms with E-state index in [9.17, 15) is 4.79 Å². The molecule has 0 amide bonds. The van der Waals surface area contributed by atoms with Crippen molar-refractivity contribution in [2.24, 2.45) is 0 Å². The maximum Gasteiger partial charge on any atom is 0.335 e. The van der Waals surface area contributed by atoms with Crippen LogP contribution in [0, 0.1) is 0 Å². The summed E-state index contributed by atoms with van der Waals surface area (Å²) in [4.78, 5) is 13.0. The number of aromatic nitrogens is 2. The molecule has 0 aliphatic heterocycles. The summed E-state index contributed by atoms with van der Waals surface area (Å²) in [6.07, 6.45) is 9.39. The summed E-state index contributed by atoms with van der Waals surface area (Å²) in [5, 5.41) is 16.9. The smallest absolute Gasteiger partial charge is 0.335 e. The third-order valence-corrected chi connectivity index (χ3v) is 3.16. The molecule has 6 heteroatoms. The number of allylic oxidation sites excluding steroid dienone is 4. The van der Waals surface area contributed by atoms with Crippen molar-refractivity contribution in [3.63, 3.8) is 0 Å². The van der Waals surface area contributed by atoms with E-state index in [1.54, 1.807) is 18.2 Å². The van der Waals surface area contributed by atoms with Gasteiger partial charge in [0.25, 0.3) is 0 Å². The monoisotopic (exact) mass is 325 g/mol.